The Bertz CT molecular complexity index is 754. The average molecular weight is 318 g/mol. The van der Waals surface area contributed by atoms with Crippen LogP contribution in [0.1, 0.15) is 12.5 Å². The van der Waals surface area contributed by atoms with Gasteiger partial charge in [-0.1, -0.05) is 12.1 Å². The minimum atomic E-state index is -0.351. The van der Waals surface area contributed by atoms with Gasteiger partial charge < -0.3 is 10.2 Å². The Labute approximate surface area is 133 Å². The molecule has 1 aromatic carbocycles. The highest BCUT2D eigenvalue weighted by atomic mass is 19.1. The summed E-state index contributed by atoms with van der Waals surface area (Å²) in [6, 6.07) is 5.71. The minimum Gasteiger partial charge on any atom is -0.371 e. The van der Waals surface area contributed by atoms with Crippen LogP contribution in [0.4, 0.5) is 15.8 Å². The number of amides is 1. The Balaban J connectivity index is 2.22. The van der Waals surface area contributed by atoms with Gasteiger partial charge in [0.25, 0.3) is 5.56 Å². The molecule has 0 unspecified atom stereocenters. The maximum atomic E-state index is 12.9. The van der Waals surface area contributed by atoms with Crippen LogP contribution in [0.2, 0.25) is 0 Å². The molecule has 2 rings (SSSR count). The molecule has 122 valence electrons. The van der Waals surface area contributed by atoms with Crippen LogP contribution in [0.15, 0.2) is 35.3 Å². The number of nitrogens with zero attached hydrogens (tertiary/aromatic N) is 3. The molecule has 0 aliphatic heterocycles. The molecule has 0 saturated carbocycles. The molecule has 0 bridgehead atoms. The van der Waals surface area contributed by atoms with Gasteiger partial charge in [-0.3, -0.25) is 9.59 Å². The van der Waals surface area contributed by atoms with Gasteiger partial charge in [0.1, 0.15) is 11.5 Å². The van der Waals surface area contributed by atoms with Crippen LogP contribution in [-0.2, 0) is 17.8 Å². The standard InChI is InChI=1S/C16H19FN4O2/c1-4-21-16(23)15(20(2)3)13(10-18-21)19-14(22)9-11-5-7-12(17)8-6-11/h5-8,10H,4,9H2,1-3H3,(H,19,22). The fourth-order valence-electron chi connectivity index (χ4n) is 2.21. The molecule has 6 nitrogen and oxygen atoms in total. The molecular weight excluding hydrogens is 299 g/mol. The van der Waals surface area contributed by atoms with E-state index in [1.165, 1.54) is 23.0 Å². The zero-order chi connectivity index (χ0) is 17.0. The summed E-state index contributed by atoms with van der Waals surface area (Å²) in [5.41, 5.74) is 1.15. The molecule has 0 aliphatic carbocycles. The molecule has 1 amide bonds. The van der Waals surface area contributed by atoms with E-state index in [0.717, 1.165) is 0 Å². The van der Waals surface area contributed by atoms with Gasteiger partial charge in [-0.15, -0.1) is 0 Å². The number of hydrogen-bond acceptors (Lipinski definition) is 4. The van der Waals surface area contributed by atoms with Crippen LogP contribution < -0.4 is 15.8 Å². The Morgan fingerprint density at radius 2 is 1.96 bits per heavy atom. The van der Waals surface area contributed by atoms with Gasteiger partial charge in [0.05, 0.1) is 18.3 Å². The van der Waals surface area contributed by atoms with E-state index in [1.807, 2.05) is 6.92 Å². The first-order chi connectivity index (χ1) is 10.9. The number of aryl methyl sites for hydroxylation is 1. The number of hydrogen-bond donors (Lipinski definition) is 1. The number of rotatable bonds is 5. The van der Waals surface area contributed by atoms with Crippen LogP contribution in [0.3, 0.4) is 0 Å². The molecule has 1 aromatic heterocycles. The summed E-state index contributed by atoms with van der Waals surface area (Å²) in [4.78, 5) is 26.1. The summed E-state index contributed by atoms with van der Waals surface area (Å²) in [7, 11) is 3.46. The van der Waals surface area contributed by atoms with Crippen LogP contribution in [-0.4, -0.2) is 29.8 Å². The number of anilines is 2. The molecule has 7 heteroatoms. The van der Waals surface area contributed by atoms with Gasteiger partial charge in [0.2, 0.25) is 5.91 Å². The molecule has 23 heavy (non-hydrogen) atoms. The Morgan fingerprint density at radius 1 is 1.30 bits per heavy atom. The predicted octanol–water partition coefficient (Wildman–Crippen LogP) is 1.65. The van der Waals surface area contributed by atoms with Crippen LogP contribution in [0, 0.1) is 5.82 Å². The maximum absolute atomic E-state index is 12.9. The Morgan fingerprint density at radius 3 is 2.52 bits per heavy atom. The summed E-state index contributed by atoms with van der Waals surface area (Å²) in [5, 5.41) is 6.72. The summed E-state index contributed by atoms with van der Waals surface area (Å²) < 4.78 is 14.2. The van der Waals surface area contributed by atoms with Gasteiger partial charge in [-0.2, -0.15) is 5.10 Å². The van der Waals surface area contributed by atoms with Crippen molar-refractivity contribution in [2.45, 2.75) is 19.9 Å². The summed E-state index contributed by atoms with van der Waals surface area (Å²) >= 11 is 0. The number of carbonyl (C=O) groups is 1. The average Bonchev–Trinajstić information content (AvgIpc) is 2.49. The number of nitrogens with one attached hydrogen (secondary N) is 1. The minimum absolute atomic E-state index is 0.0873. The van der Waals surface area contributed by atoms with E-state index in [1.54, 1.807) is 31.1 Å². The van der Waals surface area contributed by atoms with Crippen LogP contribution >= 0.6 is 0 Å². The van der Waals surface area contributed by atoms with E-state index < -0.39 is 0 Å². The number of halogens is 1. The number of benzene rings is 1. The van der Waals surface area contributed by atoms with Crippen molar-refractivity contribution in [1.82, 2.24) is 9.78 Å². The highest BCUT2D eigenvalue weighted by molar-refractivity contribution is 5.95. The van der Waals surface area contributed by atoms with Crippen molar-refractivity contribution in [2.75, 3.05) is 24.3 Å². The van der Waals surface area contributed by atoms with Crippen molar-refractivity contribution in [2.24, 2.45) is 0 Å². The highest BCUT2D eigenvalue weighted by Gasteiger charge is 2.15. The lowest BCUT2D eigenvalue weighted by atomic mass is 10.1. The first-order valence-corrected chi connectivity index (χ1v) is 7.24. The Kier molecular flexibility index (Phi) is 5.10. The van der Waals surface area contributed by atoms with E-state index in [0.29, 0.717) is 23.5 Å². The van der Waals surface area contributed by atoms with Crippen molar-refractivity contribution < 1.29 is 9.18 Å². The second-order valence-electron chi connectivity index (χ2n) is 5.27. The van der Waals surface area contributed by atoms with E-state index in [-0.39, 0.29) is 23.7 Å². The van der Waals surface area contributed by atoms with Gasteiger partial charge >= 0.3 is 0 Å². The second-order valence-corrected chi connectivity index (χ2v) is 5.27. The van der Waals surface area contributed by atoms with Gasteiger partial charge in [0.15, 0.2) is 0 Å². The lowest BCUT2D eigenvalue weighted by Crippen LogP contribution is -2.30. The van der Waals surface area contributed by atoms with E-state index in [4.69, 9.17) is 0 Å². The normalized spacial score (nSPS) is 10.4. The van der Waals surface area contributed by atoms with Crippen molar-refractivity contribution in [3.05, 3.63) is 52.2 Å². The van der Waals surface area contributed by atoms with E-state index >= 15 is 0 Å². The monoisotopic (exact) mass is 318 g/mol. The van der Waals surface area contributed by atoms with Crippen molar-refractivity contribution >= 4 is 17.3 Å². The fourth-order valence-corrected chi connectivity index (χ4v) is 2.21. The molecule has 2 aromatic rings. The third kappa shape index (κ3) is 3.94. The van der Waals surface area contributed by atoms with Crippen molar-refractivity contribution in [3.63, 3.8) is 0 Å². The van der Waals surface area contributed by atoms with Crippen molar-refractivity contribution in [1.29, 1.82) is 0 Å². The zero-order valence-electron chi connectivity index (χ0n) is 13.3. The number of carbonyl (C=O) groups excluding carboxylic acids is 1. The fraction of sp³-hybridized carbons (Fsp3) is 0.312. The largest absolute Gasteiger partial charge is 0.371 e. The zero-order valence-corrected chi connectivity index (χ0v) is 13.3. The predicted molar refractivity (Wildman–Crippen MR) is 87.2 cm³/mol. The smallest absolute Gasteiger partial charge is 0.292 e. The van der Waals surface area contributed by atoms with Crippen LogP contribution in [0.5, 0.6) is 0 Å². The molecule has 0 spiro atoms. The lowest BCUT2D eigenvalue weighted by molar-refractivity contribution is -0.115. The second kappa shape index (κ2) is 7.04. The van der Waals surface area contributed by atoms with Crippen LogP contribution in [0.25, 0.3) is 0 Å². The maximum Gasteiger partial charge on any atom is 0.292 e. The molecule has 0 aliphatic rings. The molecule has 0 atom stereocenters. The summed E-state index contributed by atoms with van der Waals surface area (Å²) in [6.45, 7) is 2.27. The summed E-state index contributed by atoms with van der Waals surface area (Å²) in [6.07, 6.45) is 1.55. The Hall–Kier alpha value is -2.70. The summed E-state index contributed by atoms with van der Waals surface area (Å²) in [5.74, 6) is -0.647. The molecule has 0 saturated heterocycles. The van der Waals surface area contributed by atoms with Gasteiger partial charge in [0, 0.05) is 20.6 Å². The van der Waals surface area contributed by atoms with Gasteiger partial charge in [-0.25, -0.2) is 9.07 Å². The van der Waals surface area contributed by atoms with E-state index in [2.05, 4.69) is 10.4 Å². The first kappa shape index (κ1) is 16.7. The lowest BCUT2D eigenvalue weighted by Gasteiger charge is -2.18. The first-order valence-electron chi connectivity index (χ1n) is 7.24. The van der Waals surface area contributed by atoms with Gasteiger partial charge in [-0.05, 0) is 24.6 Å². The molecule has 0 radical (unpaired) electrons. The SMILES string of the molecule is CCn1ncc(NC(=O)Cc2ccc(F)cc2)c(N(C)C)c1=O. The molecule has 1 N–H and O–H groups in total. The highest BCUT2D eigenvalue weighted by Crippen LogP contribution is 2.18. The molecule has 1 heterocycles. The van der Waals surface area contributed by atoms with E-state index in [9.17, 15) is 14.0 Å². The number of aromatic nitrogens is 2. The molecule has 0 fully saturated rings. The third-order valence-corrected chi connectivity index (χ3v) is 3.32. The third-order valence-electron chi connectivity index (χ3n) is 3.32. The topological polar surface area (TPSA) is 67.2 Å². The molecular formula is C16H19FN4O2. The quantitative estimate of drug-likeness (QED) is 0.910. The van der Waals surface area contributed by atoms with Crippen molar-refractivity contribution in [3.8, 4) is 0 Å².